The van der Waals surface area contributed by atoms with Gasteiger partial charge in [-0.1, -0.05) is 12.1 Å². The smallest absolute Gasteiger partial charge is 0.270 e. The van der Waals surface area contributed by atoms with Crippen molar-refractivity contribution in [3.8, 4) is 5.75 Å². The van der Waals surface area contributed by atoms with E-state index in [0.29, 0.717) is 25.5 Å². The van der Waals surface area contributed by atoms with Gasteiger partial charge in [0.2, 0.25) is 0 Å². The zero-order valence-corrected chi connectivity index (χ0v) is 14.3. The standard InChI is InChI=1S/C18H22N4O3/c1-24-15-4-2-14(3-5-15)6-7-19-18(23)16-12-17(21-13-20-16)22-8-10-25-11-9-22/h2-5,12-13H,6-11H2,1H3,(H,19,23). The third-order valence-electron chi connectivity index (χ3n) is 4.08. The van der Waals surface area contributed by atoms with Crippen LogP contribution in [0.15, 0.2) is 36.7 Å². The summed E-state index contributed by atoms with van der Waals surface area (Å²) < 4.78 is 10.5. The van der Waals surface area contributed by atoms with E-state index in [-0.39, 0.29) is 5.91 Å². The van der Waals surface area contributed by atoms with Crippen LogP contribution in [-0.4, -0.2) is 55.8 Å². The van der Waals surface area contributed by atoms with Gasteiger partial charge in [0, 0.05) is 25.7 Å². The molecule has 0 atom stereocenters. The summed E-state index contributed by atoms with van der Waals surface area (Å²) in [5, 5.41) is 2.90. The molecule has 1 aromatic heterocycles. The molecule has 1 saturated heterocycles. The molecule has 0 aliphatic carbocycles. The maximum Gasteiger partial charge on any atom is 0.270 e. The minimum Gasteiger partial charge on any atom is -0.497 e. The van der Waals surface area contributed by atoms with E-state index < -0.39 is 0 Å². The lowest BCUT2D eigenvalue weighted by Gasteiger charge is -2.27. The van der Waals surface area contributed by atoms with Crippen molar-refractivity contribution in [1.82, 2.24) is 15.3 Å². The van der Waals surface area contributed by atoms with Crippen LogP contribution in [0.2, 0.25) is 0 Å². The Hall–Kier alpha value is -2.67. The predicted octanol–water partition coefficient (Wildman–Crippen LogP) is 1.29. The van der Waals surface area contributed by atoms with Crippen LogP contribution in [0.25, 0.3) is 0 Å². The Morgan fingerprint density at radius 1 is 1.24 bits per heavy atom. The molecule has 1 N–H and O–H groups in total. The lowest BCUT2D eigenvalue weighted by atomic mass is 10.1. The minimum atomic E-state index is -0.189. The highest BCUT2D eigenvalue weighted by molar-refractivity contribution is 5.92. The van der Waals surface area contributed by atoms with Crippen molar-refractivity contribution in [1.29, 1.82) is 0 Å². The molecule has 132 valence electrons. The van der Waals surface area contributed by atoms with Gasteiger partial charge in [0.25, 0.3) is 5.91 Å². The summed E-state index contributed by atoms with van der Waals surface area (Å²) in [4.78, 5) is 22.7. The van der Waals surface area contributed by atoms with E-state index >= 15 is 0 Å². The average molecular weight is 342 g/mol. The topological polar surface area (TPSA) is 76.6 Å². The zero-order valence-electron chi connectivity index (χ0n) is 14.3. The molecule has 3 rings (SSSR count). The van der Waals surface area contributed by atoms with Crippen molar-refractivity contribution in [2.45, 2.75) is 6.42 Å². The van der Waals surface area contributed by atoms with Crippen molar-refractivity contribution in [3.63, 3.8) is 0 Å². The highest BCUT2D eigenvalue weighted by atomic mass is 16.5. The molecule has 2 aromatic rings. The number of hydrogen-bond acceptors (Lipinski definition) is 6. The van der Waals surface area contributed by atoms with Crippen molar-refractivity contribution >= 4 is 11.7 Å². The van der Waals surface area contributed by atoms with E-state index in [1.807, 2.05) is 24.3 Å². The summed E-state index contributed by atoms with van der Waals surface area (Å²) in [5.41, 5.74) is 1.52. The Bertz CT molecular complexity index is 700. The van der Waals surface area contributed by atoms with Gasteiger partial charge in [-0.15, -0.1) is 0 Å². The highest BCUT2D eigenvalue weighted by Gasteiger charge is 2.15. The maximum atomic E-state index is 12.3. The first-order chi connectivity index (χ1) is 12.3. The molecular formula is C18H22N4O3. The lowest BCUT2D eigenvalue weighted by Crippen LogP contribution is -2.37. The van der Waals surface area contributed by atoms with Gasteiger partial charge < -0.3 is 19.7 Å². The van der Waals surface area contributed by atoms with E-state index in [0.717, 1.165) is 36.6 Å². The van der Waals surface area contributed by atoms with Crippen LogP contribution < -0.4 is 15.0 Å². The molecule has 7 nitrogen and oxygen atoms in total. The summed E-state index contributed by atoms with van der Waals surface area (Å²) in [6, 6.07) is 9.54. The number of ether oxygens (including phenoxy) is 2. The minimum absolute atomic E-state index is 0.189. The molecule has 0 unspecified atom stereocenters. The Balaban J connectivity index is 1.53. The Morgan fingerprint density at radius 2 is 2.00 bits per heavy atom. The molecule has 1 aliphatic rings. The van der Waals surface area contributed by atoms with E-state index in [1.54, 1.807) is 13.2 Å². The fourth-order valence-electron chi connectivity index (χ4n) is 2.64. The second-order valence-electron chi connectivity index (χ2n) is 5.71. The number of methoxy groups -OCH3 is 1. The number of morpholine rings is 1. The number of anilines is 1. The normalized spacial score (nSPS) is 14.2. The molecule has 2 heterocycles. The highest BCUT2D eigenvalue weighted by Crippen LogP contribution is 2.13. The number of benzene rings is 1. The molecule has 7 heteroatoms. The molecule has 1 amide bonds. The molecule has 0 radical (unpaired) electrons. The summed E-state index contributed by atoms with van der Waals surface area (Å²) in [7, 11) is 1.64. The van der Waals surface area contributed by atoms with Crippen LogP contribution in [0.1, 0.15) is 16.1 Å². The molecule has 0 saturated carbocycles. The Labute approximate surface area is 147 Å². The molecule has 1 aromatic carbocycles. The number of nitrogens with zero attached hydrogens (tertiary/aromatic N) is 3. The molecular weight excluding hydrogens is 320 g/mol. The number of amides is 1. The lowest BCUT2D eigenvalue weighted by molar-refractivity contribution is 0.0949. The number of rotatable bonds is 6. The second kappa shape index (κ2) is 8.43. The first kappa shape index (κ1) is 17.2. The zero-order chi connectivity index (χ0) is 17.5. The summed E-state index contributed by atoms with van der Waals surface area (Å²) in [6.07, 6.45) is 2.18. The fourth-order valence-corrected chi connectivity index (χ4v) is 2.64. The number of aromatic nitrogens is 2. The van der Waals surface area contributed by atoms with E-state index in [2.05, 4.69) is 20.2 Å². The van der Waals surface area contributed by atoms with Gasteiger partial charge >= 0.3 is 0 Å². The van der Waals surface area contributed by atoms with Gasteiger partial charge in [-0.25, -0.2) is 9.97 Å². The second-order valence-corrected chi connectivity index (χ2v) is 5.71. The third kappa shape index (κ3) is 4.67. The van der Waals surface area contributed by atoms with Crippen LogP contribution in [-0.2, 0) is 11.2 Å². The van der Waals surface area contributed by atoms with Crippen LogP contribution in [0, 0.1) is 0 Å². The molecule has 1 fully saturated rings. The van der Waals surface area contributed by atoms with Gasteiger partial charge in [0.05, 0.1) is 20.3 Å². The van der Waals surface area contributed by atoms with Crippen LogP contribution >= 0.6 is 0 Å². The van der Waals surface area contributed by atoms with E-state index in [1.165, 1.54) is 6.33 Å². The number of carbonyl (C=O) groups is 1. The van der Waals surface area contributed by atoms with E-state index in [4.69, 9.17) is 9.47 Å². The van der Waals surface area contributed by atoms with Crippen LogP contribution in [0.4, 0.5) is 5.82 Å². The van der Waals surface area contributed by atoms with Crippen molar-refractivity contribution < 1.29 is 14.3 Å². The Morgan fingerprint density at radius 3 is 2.72 bits per heavy atom. The van der Waals surface area contributed by atoms with Gasteiger partial charge in [-0.3, -0.25) is 4.79 Å². The van der Waals surface area contributed by atoms with Gasteiger partial charge in [-0.2, -0.15) is 0 Å². The number of hydrogen-bond donors (Lipinski definition) is 1. The monoisotopic (exact) mass is 342 g/mol. The summed E-state index contributed by atoms with van der Waals surface area (Å²) in [5.74, 6) is 1.40. The van der Waals surface area contributed by atoms with Crippen molar-refractivity contribution in [2.75, 3.05) is 44.9 Å². The summed E-state index contributed by atoms with van der Waals surface area (Å²) >= 11 is 0. The number of nitrogens with one attached hydrogen (secondary N) is 1. The third-order valence-corrected chi connectivity index (χ3v) is 4.08. The van der Waals surface area contributed by atoms with Crippen LogP contribution in [0.3, 0.4) is 0 Å². The molecule has 1 aliphatic heterocycles. The molecule has 0 bridgehead atoms. The first-order valence-electron chi connectivity index (χ1n) is 8.32. The van der Waals surface area contributed by atoms with Gasteiger partial charge in [0.1, 0.15) is 23.6 Å². The maximum absolute atomic E-state index is 12.3. The first-order valence-corrected chi connectivity index (χ1v) is 8.32. The van der Waals surface area contributed by atoms with Gasteiger partial charge in [-0.05, 0) is 24.1 Å². The molecule has 0 spiro atoms. The van der Waals surface area contributed by atoms with Crippen molar-refractivity contribution in [2.24, 2.45) is 0 Å². The predicted molar refractivity (Wildman–Crippen MR) is 94.1 cm³/mol. The average Bonchev–Trinajstić information content (AvgIpc) is 2.69. The quantitative estimate of drug-likeness (QED) is 0.853. The number of carbonyl (C=O) groups excluding carboxylic acids is 1. The Kier molecular flexibility index (Phi) is 5.79. The SMILES string of the molecule is COc1ccc(CCNC(=O)c2cc(N3CCOCC3)ncn2)cc1. The van der Waals surface area contributed by atoms with Crippen LogP contribution in [0.5, 0.6) is 5.75 Å². The molecule has 25 heavy (non-hydrogen) atoms. The van der Waals surface area contributed by atoms with E-state index in [9.17, 15) is 4.79 Å². The summed E-state index contributed by atoms with van der Waals surface area (Å²) in [6.45, 7) is 3.44. The van der Waals surface area contributed by atoms with Gasteiger partial charge in [0.15, 0.2) is 0 Å². The van der Waals surface area contributed by atoms with Crippen molar-refractivity contribution in [3.05, 3.63) is 47.9 Å². The largest absolute Gasteiger partial charge is 0.497 e. The fraction of sp³-hybridized carbons (Fsp3) is 0.389.